The quantitative estimate of drug-likeness (QED) is 0.0817. The van der Waals surface area contributed by atoms with E-state index in [9.17, 15) is 49.1 Å². The second-order valence-corrected chi connectivity index (χ2v) is 47.4. The van der Waals surface area contributed by atoms with Crippen LogP contribution in [0.4, 0.5) is 36.4 Å². The lowest BCUT2D eigenvalue weighted by Crippen LogP contribution is -2.38. The van der Waals surface area contributed by atoms with Crippen molar-refractivity contribution in [2.45, 2.75) is 168 Å². The van der Waals surface area contributed by atoms with Crippen molar-refractivity contribution in [1.29, 1.82) is 0 Å². The fourth-order valence-corrected chi connectivity index (χ4v) is 24.7. The first-order valence-electron chi connectivity index (χ1n) is 39.0. The number of aromatic nitrogens is 22. The number of carbonyl (C=O) groups excluding carboxylic acids is 1. The van der Waals surface area contributed by atoms with Crippen molar-refractivity contribution in [2.75, 3.05) is 56.8 Å². The normalized spacial score (nSPS) is 38.5. The molecule has 0 aliphatic carbocycles. The smallest absolute Gasteiger partial charge is 0.386 e. The number of alkyl halides is 3. The number of aryl methyl sites for hydroxylation is 2. The Morgan fingerprint density at radius 3 is 0.977 bits per heavy atom. The number of aliphatic hydroxyl groups is 3. The number of ether oxygens (including phenoxy) is 6. The number of nitrogen functional groups attached to an aromatic ring is 3. The molecule has 21 rings (SSSR count). The van der Waals surface area contributed by atoms with Crippen molar-refractivity contribution in [2.24, 2.45) is 10.7 Å². The Bertz CT molecular complexity index is 6200. The summed E-state index contributed by atoms with van der Waals surface area (Å²) in [5, 5.41) is 33.8. The number of Topliss-reactive ketones (excluding diaryl/α,β-unsaturated/α-hetero) is 1. The predicted molar refractivity (Wildman–Crippen MR) is 462 cm³/mol. The molecule has 0 aromatic carbocycles. The fourth-order valence-electron chi connectivity index (χ4n) is 16.0. The zero-order chi connectivity index (χ0) is 93.8. The van der Waals surface area contributed by atoms with Crippen molar-refractivity contribution in [1.82, 2.24) is 107 Å². The maximum absolute atomic E-state index is 16.0. The molecule has 9 fully saturated rings. The molecule has 0 spiro atoms. The van der Waals surface area contributed by atoms with Gasteiger partial charge in [-0.25, -0.2) is 102 Å². The highest BCUT2D eigenvalue weighted by Crippen LogP contribution is 2.61. The molecule has 16 N–H and O–H groups in total. The number of hydrogen-bond acceptors (Lipinski definition) is 49. The zero-order valence-electron chi connectivity index (χ0n) is 67.3. The highest BCUT2D eigenvalue weighted by molar-refractivity contribution is 8.44. The molecule has 11 aromatic rings. The summed E-state index contributed by atoms with van der Waals surface area (Å²) in [6, 6.07) is 0. The third-order valence-corrected chi connectivity index (χ3v) is 31.6. The molecule has 9 saturated heterocycles. The van der Waals surface area contributed by atoms with E-state index >= 15 is 13.2 Å². The molecule has 6 unspecified atom stereocenters. The van der Waals surface area contributed by atoms with Crippen LogP contribution in [0.1, 0.15) is 65.7 Å². The number of carbonyl (C=O) groups is 1. The number of thiol groups is 1. The average molecular weight is 2090 g/mol. The molecule has 30 atom stereocenters. The molecule has 21 heterocycles. The van der Waals surface area contributed by atoms with E-state index in [0.717, 1.165) is 10.9 Å². The third kappa shape index (κ3) is 18.6. The number of rotatable bonds is 6. The van der Waals surface area contributed by atoms with E-state index in [4.69, 9.17) is 165 Å². The molecule has 133 heavy (non-hydrogen) atoms. The number of nitrogens with zero attached hydrogens (tertiary/aromatic N) is 23. The van der Waals surface area contributed by atoms with Gasteiger partial charge in [0.05, 0.1) is 95.4 Å². The molecule has 55 nitrogen and oxygen atoms in total. The summed E-state index contributed by atoms with van der Waals surface area (Å²) in [5.41, 5.74) is 27.4. The van der Waals surface area contributed by atoms with Crippen LogP contribution in [-0.4, -0.2) is 308 Å². The van der Waals surface area contributed by atoms with Gasteiger partial charge in [0.25, 0.3) is 0 Å². The Morgan fingerprint density at radius 2 is 0.632 bits per heavy atom. The van der Waals surface area contributed by atoms with Crippen molar-refractivity contribution in [3.8, 4) is 0 Å². The summed E-state index contributed by atoms with van der Waals surface area (Å²) in [7, 11) is 0. The Kier molecular flexibility index (Phi) is 26.2. The van der Waals surface area contributed by atoms with Crippen LogP contribution in [-0.2, 0) is 146 Å². The van der Waals surface area contributed by atoms with E-state index in [0.29, 0.717) is 33.7 Å². The Hall–Kier alpha value is -6.92. The molecule has 0 saturated carbocycles. The van der Waals surface area contributed by atoms with Gasteiger partial charge in [-0.05, 0) is 72.9 Å². The van der Waals surface area contributed by atoms with Gasteiger partial charge in [0, 0.05) is 0 Å². The largest absolute Gasteiger partial charge is 0.387 e. The molecule has 10 aliphatic heterocycles. The summed E-state index contributed by atoms with van der Waals surface area (Å²) in [6.45, 7) is -25.0. The summed E-state index contributed by atoms with van der Waals surface area (Å²) >= 11 is 30.1. The van der Waals surface area contributed by atoms with Gasteiger partial charge < -0.3 is 114 Å². The predicted octanol–water partition coefficient (Wildman–Crippen LogP) is 1.05. The van der Waals surface area contributed by atoms with Crippen LogP contribution in [0, 0.1) is 13.8 Å². The van der Waals surface area contributed by atoms with E-state index in [1.807, 2.05) is 0 Å². The number of nitrogens with two attached hydrogens (primary N) is 4. The second-order valence-electron chi connectivity index (χ2n) is 30.5. The van der Waals surface area contributed by atoms with Crippen LogP contribution in [0.25, 0.3) is 55.8 Å². The number of ketones is 1. The van der Waals surface area contributed by atoms with Crippen molar-refractivity contribution < 1.29 is 145 Å². The van der Waals surface area contributed by atoms with E-state index in [1.54, 1.807) is 13.8 Å². The molecule has 0 amide bonds. The molecule has 11 aromatic heterocycles. The van der Waals surface area contributed by atoms with Crippen LogP contribution >= 0.6 is 52.6 Å². The lowest BCUT2D eigenvalue weighted by Gasteiger charge is -2.30. The van der Waals surface area contributed by atoms with Crippen molar-refractivity contribution in [3.05, 3.63) is 86.7 Å². The minimum Gasteiger partial charge on any atom is -0.387 e. The van der Waals surface area contributed by atoms with Crippen molar-refractivity contribution in [3.63, 3.8) is 0 Å². The van der Waals surface area contributed by atoms with Gasteiger partial charge in [0.2, 0.25) is 0 Å². The van der Waals surface area contributed by atoms with Gasteiger partial charge >= 0.3 is 40.4 Å². The minimum atomic E-state index is -4.28. The maximum atomic E-state index is 16.0. The number of hydrogen-bond donors (Lipinski definition) is 13. The highest BCUT2D eigenvalue weighted by Gasteiger charge is 2.59. The number of fused-ring (bicyclic) bond motifs is 12. The van der Waals surface area contributed by atoms with Crippen LogP contribution in [0.2, 0.25) is 0 Å². The van der Waals surface area contributed by atoms with Crippen LogP contribution < -0.4 is 22.9 Å². The van der Waals surface area contributed by atoms with Crippen LogP contribution in [0.15, 0.2) is 74.6 Å². The first-order chi connectivity index (χ1) is 63.2. The molecular weight excluding hydrogens is 2020 g/mol. The van der Waals surface area contributed by atoms with Gasteiger partial charge in [0.1, 0.15) is 157 Å². The molecule has 70 heteroatoms. The van der Waals surface area contributed by atoms with Gasteiger partial charge in [-0.3, -0.25) is 63.9 Å². The second kappa shape index (κ2) is 36.7. The van der Waals surface area contributed by atoms with Crippen LogP contribution in [0.5, 0.6) is 0 Å². The van der Waals surface area contributed by atoms with Gasteiger partial charge in [-0.2, -0.15) is 0 Å². The number of amidine groups is 1. The first-order valence-corrected chi connectivity index (χ1v) is 54.7. The summed E-state index contributed by atoms with van der Waals surface area (Å²) in [5.74, 6) is -0.201. The lowest BCUT2D eigenvalue weighted by molar-refractivity contribution is -0.0591. The van der Waals surface area contributed by atoms with Crippen molar-refractivity contribution >= 4 is 202 Å². The Labute approximate surface area is 771 Å². The van der Waals surface area contributed by atoms with Gasteiger partial charge in [-0.15, -0.1) is 0 Å². The lowest BCUT2D eigenvalue weighted by atomic mass is 10.1. The Balaban J connectivity index is 0.000000129. The molecule has 10 aliphatic rings. The maximum Gasteiger partial charge on any atom is 0.386 e. The molecule has 0 radical (unpaired) electrons. The number of imidazole rings is 6. The highest BCUT2D eigenvalue weighted by atomic mass is 32.7. The number of halogens is 3. The third-order valence-electron chi connectivity index (χ3n) is 22.2. The monoisotopic (exact) mass is 2090 g/mol. The fraction of sp³-hybridized carbons (Fsp3) is 0.524. The van der Waals surface area contributed by atoms with E-state index < -0.39 is 233 Å². The average Bonchev–Trinajstić information content (AvgIpc) is 1.64. The summed E-state index contributed by atoms with van der Waals surface area (Å²) < 4.78 is 172. The topological polar surface area (TPSA) is 714 Å². The Morgan fingerprint density at radius 1 is 0.368 bits per heavy atom. The zero-order valence-corrected chi connectivity index (χ0v) is 77.6. The molecule has 0 bridgehead atoms. The number of anilines is 3. The molecule has 714 valence electrons. The van der Waals surface area contributed by atoms with Gasteiger partial charge in [-0.1, -0.05) is 12.2 Å². The molecular formula is C63H72F3N27O28P6S6. The number of aliphatic hydroxyl groups excluding tert-OH is 3. The minimum absolute atomic E-state index is 0.00179. The standard InChI is InChI=1S/C21H24FN9O10P2S2.2C21H24FN9O9P2S2/c22-11-15-8(38-20(11)31-5-27-12-7(32)1-10(23)29-19(12)31)2-36-43(35,45)41-16-9(3-37-42(34,44)40-15)39-21(14(16)33)30-6-28-13-17(24)25-4-26-18(13)30;2*1-8-12-18(26-4-24-8)31(6-28-12)21-14(32)16-10(38-21)3-36-41(33,43)39-15-9(2-35-42(34,44)40-16)37-20(11(15)22)30-7-29-13-17(23)25-5-27-19(13)30/h4-6,8-9,11,14-16,20-21,33H,1-3H2,(H2,23,29)(H,34,44)(H,35,45)(H2,24,25,26);2*4-7,9-11,14-16,20-21,32H,2-3H2,1H3,(H,33,43)(H,34,44)(H2,23,25,27)/t8-,9-,11-,14-,15-,16-,20-,21-,42?,43?;2*9-,10-,11-,14-,15-,16-,20-,21-,41?,42?/m111/s1. The van der Waals surface area contributed by atoms with Crippen LogP contribution in [0.3, 0.4) is 0 Å². The van der Waals surface area contributed by atoms with Gasteiger partial charge in [0.15, 0.2) is 119 Å². The number of aliphatic imine (C=N–C) groups is 1. The van der Waals surface area contributed by atoms with E-state index in [2.05, 4.69) is 97.0 Å². The van der Waals surface area contributed by atoms with E-state index in [1.165, 1.54) is 86.1 Å². The summed E-state index contributed by atoms with van der Waals surface area (Å²) in [4.78, 5) is 137. The SMILES string of the molecule is Cc1ncnc2c1ncn2[C@@H]1O[C@@H]2COP(O)(=S)O[C@H]3[C@@H](F)[C@H](n4cnc5c(N)ncnc54)O[C@@H]3COP(=O)(S)O[C@H]2[C@H]1O.Cc1ncnc2c1ncn2[C@@H]1O[C@@H]2COP(O)(=S)O[C@H]3[C@@H](F)[C@H](n4cnc5c(N)ncnc54)O[C@@H]3COP(O)(=S)O[C@H]2[C@H]1O.NC1=Nc2c(ncn2[C@@H]2O[C@@H]3COP(O)(=S)O[C@H]4[C@@H](O)[C@H](n5cnc6c(N)ncnc65)O[C@@H]4COP(O)(=S)O[C@H]3[C@H]2F)C(=O)C1. The van der Waals surface area contributed by atoms with E-state index in [-0.39, 0.29) is 74.7 Å². The summed E-state index contributed by atoms with van der Waals surface area (Å²) in [6.07, 6.45) is -20.5. The first kappa shape index (κ1) is 95.0.